The van der Waals surface area contributed by atoms with Gasteiger partial charge in [0.1, 0.15) is 11.6 Å². The lowest BCUT2D eigenvalue weighted by molar-refractivity contribution is -0.139. The molecule has 0 spiro atoms. The molecule has 0 aliphatic heterocycles. The molecule has 0 fully saturated rings. The Hall–Kier alpha value is -2.57. The molecule has 0 saturated heterocycles. The fraction of sp³-hybridized carbons (Fsp3) is 0.400. The molecule has 22 heavy (non-hydrogen) atoms. The minimum Gasteiger partial charge on any atom is -0.480 e. The summed E-state index contributed by atoms with van der Waals surface area (Å²) in [4.78, 5) is 33.8. The second-order valence-corrected chi connectivity index (χ2v) is 5.75. The number of carbonyl (C=O) groups excluding carboxylic acids is 1. The Labute approximate surface area is 127 Å². The minimum atomic E-state index is -1.23. The minimum absolute atomic E-state index is 0.0459. The van der Waals surface area contributed by atoms with Gasteiger partial charge in [0.05, 0.1) is 5.56 Å². The largest absolute Gasteiger partial charge is 0.480 e. The van der Waals surface area contributed by atoms with E-state index in [0.717, 1.165) is 0 Å². The van der Waals surface area contributed by atoms with E-state index in [9.17, 15) is 19.5 Å². The third-order valence-electron chi connectivity index (χ3n) is 2.60. The molecule has 3 N–H and O–H groups in total. The molecule has 1 amide bonds. The van der Waals surface area contributed by atoms with Crippen molar-refractivity contribution in [1.29, 1.82) is 0 Å². The highest BCUT2D eigenvalue weighted by Crippen LogP contribution is 2.10. The Morgan fingerprint density at radius 3 is 2.36 bits per heavy atom. The quantitative estimate of drug-likeness (QED) is 0.765. The predicted molar refractivity (Wildman–Crippen MR) is 77.9 cm³/mol. The first-order valence-corrected chi connectivity index (χ1v) is 6.63. The molecule has 0 aliphatic rings. The Morgan fingerprint density at radius 2 is 1.86 bits per heavy atom. The number of ether oxygens (including phenoxy) is 1. The summed E-state index contributed by atoms with van der Waals surface area (Å²) in [5, 5.41) is 20.4. The highest BCUT2D eigenvalue weighted by atomic mass is 16.6. The highest BCUT2D eigenvalue weighted by Gasteiger charge is 2.24. The molecule has 0 aromatic heterocycles. The number of aliphatic carboxylic acids is 1. The van der Waals surface area contributed by atoms with E-state index in [1.807, 2.05) is 0 Å². The van der Waals surface area contributed by atoms with E-state index in [4.69, 9.17) is 9.84 Å². The first-order chi connectivity index (χ1) is 10.1. The van der Waals surface area contributed by atoms with E-state index in [1.165, 1.54) is 18.2 Å². The van der Waals surface area contributed by atoms with Gasteiger partial charge in [0.15, 0.2) is 0 Å². The number of hydrogen-bond donors (Lipinski definition) is 3. The van der Waals surface area contributed by atoms with Crippen LogP contribution >= 0.6 is 0 Å². The molecule has 0 bridgehead atoms. The standard InChI is InChI=1S/C15H19NO6/c1-15(2,3)22-14(21)16-11(13(19)20)8-9-5-4-6-10(7-9)12(17)18/h4-7,11H,8H2,1-3H3,(H,16,21)(H,17,18)(H,19,20). The zero-order valence-corrected chi connectivity index (χ0v) is 12.6. The molecule has 1 aromatic carbocycles. The summed E-state index contributed by atoms with van der Waals surface area (Å²) in [5.74, 6) is -2.33. The summed E-state index contributed by atoms with van der Waals surface area (Å²) in [6.45, 7) is 5.00. The van der Waals surface area contributed by atoms with Gasteiger partial charge in [-0.1, -0.05) is 12.1 Å². The maximum absolute atomic E-state index is 11.6. The van der Waals surface area contributed by atoms with Gasteiger partial charge in [-0.3, -0.25) is 0 Å². The summed E-state index contributed by atoms with van der Waals surface area (Å²) in [5.41, 5.74) is -0.196. The van der Waals surface area contributed by atoms with Crippen LogP contribution in [0.25, 0.3) is 0 Å². The van der Waals surface area contributed by atoms with Crippen LogP contribution in [0.5, 0.6) is 0 Å². The van der Waals surface area contributed by atoms with Gasteiger partial charge in [0.25, 0.3) is 0 Å². The van der Waals surface area contributed by atoms with Crippen molar-refractivity contribution in [3.8, 4) is 0 Å². The Balaban J connectivity index is 2.81. The van der Waals surface area contributed by atoms with Crippen LogP contribution < -0.4 is 5.32 Å². The monoisotopic (exact) mass is 309 g/mol. The molecule has 0 aliphatic carbocycles. The Morgan fingerprint density at radius 1 is 1.23 bits per heavy atom. The molecule has 0 saturated carbocycles. The summed E-state index contributed by atoms with van der Waals surface area (Å²) in [6, 6.07) is 4.68. The van der Waals surface area contributed by atoms with Crippen LogP contribution in [0.4, 0.5) is 4.79 Å². The zero-order chi connectivity index (χ0) is 16.9. The maximum atomic E-state index is 11.6. The molecule has 1 aromatic rings. The number of nitrogens with one attached hydrogen (secondary N) is 1. The Kier molecular flexibility index (Phi) is 5.50. The van der Waals surface area contributed by atoms with Crippen molar-refractivity contribution in [3.05, 3.63) is 35.4 Å². The van der Waals surface area contributed by atoms with Gasteiger partial charge < -0.3 is 20.3 Å². The van der Waals surface area contributed by atoms with E-state index < -0.39 is 29.7 Å². The van der Waals surface area contributed by atoms with Gasteiger partial charge in [-0.15, -0.1) is 0 Å². The lowest BCUT2D eigenvalue weighted by Gasteiger charge is -2.22. The number of benzene rings is 1. The molecule has 0 heterocycles. The first-order valence-electron chi connectivity index (χ1n) is 6.63. The van der Waals surface area contributed by atoms with Crippen LogP contribution in [0.3, 0.4) is 0 Å². The van der Waals surface area contributed by atoms with Crippen molar-refractivity contribution in [1.82, 2.24) is 5.32 Å². The van der Waals surface area contributed by atoms with Gasteiger partial charge in [-0.2, -0.15) is 0 Å². The molecule has 120 valence electrons. The predicted octanol–water partition coefficient (Wildman–Crippen LogP) is 1.91. The van der Waals surface area contributed by atoms with E-state index in [2.05, 4.69) is 5.32 Å². The number of amides is 1. The van der Waals surface area contributed by atoms with Gasteiger partial charge in [0.2, 0.25) is 0 Å². The van der Waals surface area contributed by atoms with Crippen molar-refractivity contribution in [2.24, 2.45) is 0 Å². The van der Waals surface area contributed by atoms with Gasteiger partial charge in [-0.05, 0) is 38.5 Å². The second-order valence-electron chi connectivity index (χ2n) is 5.75. The van der Waals surface area contributed by atoms with E-state index >= 15 is 0 Å². The number of rotatable bonds is 5. The maximum Gasteiger partial charge on any atom is 0.408 e. The van der Waals surface area contributed by atoms with Crippen LogP contribution in [-0.2, 0) is 16.0 Å². The summed E-state index contributed by atoms with van der Waals surface area (Å²) < 4.78 is 5.01. The molecule has 7 heteroatoms. The fourth-order valence-electron chi connectivity index (χ4n) is 1.72. The van der Waals surface area contributed by atoms with Crippen molar-refractivity contribution < 1.29 is 29.3 Å². The second kappa shape index (κ2) is 6.93. The summed E-state index contributed by atoms with van der Waals surface area (Å²) >= 11 is 0. The zero-order valence-electron chi connectivity index (χ0n) is 12.6. The van der Waals surface area contributed by atoms with Crippen LogP contribution in [0.15, 0.2) is 24.3 Å². The lowest BCUT2D eigenvalue weighted by atomic mass is 10.0. The number of aromatic carboxylic acids is 1. The molecule has 1 unspecified atom stereocenters. The topological polar surface area (TPSA) is 113 Å². The van der Waals surface area contributed by atoms with Gasteiger partial charge in [-0.25, -0.2) is 14.4 Å². The van der Waals surface area contributed by atoms with Crippen LogP contribution in [-0.4, -0.2) is 39.9 Å². The third kappa shape index (κ3) is 5.82. The van der Waals surface area contributed by atoms with Crippen molar-refractivity contribution in [3.63, 3.8) is 0 Å². The number of carboxylic acids is 2. The smallest absolute Gasteiger partial charge is 0.408 e. The van der Waals surface area contributed by atoms with E-state index in [0.29, 0.717) is 5.56 Å². The van der Waals surface area contributed by atoms with Crippen LogP contribution in [0, 0.1) is 0 Å². The highest BCUT2D eigenvalue weighted by molar-refractivity contribution is 5.87. The fourth-order valence-corrected chi connectivity index (χ4v) is 1.72. The number of carboxylic acid groups (broad SMARTS) is 2. The van der Waals surface area contributed by atoms with Crippen molar-refractivity contribution >= 4 is 18.0 Å². The average molecular weight is 309 g/mol. The number of alkyl carbamates (subject to hydrolysis) is 1. The molecule has 1 rings (SSSR count). The third-order valence-corrected chi connectivity index (χ3v) is 2.60. The van der Waals surface area contributed by atoms with Gasteiger partial charge >= 0.3 is 18.0 Å². The van der Waals surface area contributed by atoms with E-state index in [-0.39, 0.29) is 12.0 Å². The molecule has 0 radical (unpaired) electrons. The van der Waals surface area contributed by atoms with Crippen LogP contribution in [0.2, 0.25) is 0 Å². The molecular weight excluding hydrogens is 290 g/mol. The van der Waals surface area contributed by atoms with E-state index in [1.54, 1.807) is 26.8 Å². The molecular formula is C15H19NO6. The summed E-state index contributed by atoms with van der Waals surface area (Å²) in [6.07, 6.45) is -0.885. The number of hydrogen-bond acceptors (Lipinski definition) is 4. The SMILES string of the molecule is CC(C)(C)OC(=O)NC(Cc1cccc(C(=O)O)c1)C(=O)O. The molecule has 7 nitrogen and oxygen atoms in total. The Bertz CT molecular complexity index is 576. The average Bonchev–Trinajstić information content (AvgIpc) is 2.35. The molecule has 1 atom stereocenters. The van der Waals surface area contributed by atoms with Crippen LogP contribution in [0.1, 0.15) is 36.7 Å². The lowest BCUT2D eigenvalue weighted by Crippen LogP contribution is -2.44. The summed E-state index contributed by atoms with van der Waals surface area (Å²) in [7, 11) is 0. The van der Waals surface area contributed by atoms with Crippen molar-refractivity contribution in [2.45, 2.75) is 38.8 Å². The normalized spacial score (nSPS) is 12.3. The first kappa shape index (κ1) is 17.5. The van der Waals surface area contributed by atoms with Crippen molar-refractivity contribution in [2.75, 3.05) is 0 Å². The van der Waals surface area contributed by atoms with Gasteiger partial charge in [0, 0.05) is 6.42 Å². The number of carbonyl (C=O) groups is 3.